The molecule has 0 bridgehead atoms. The molecule has 2 atom stereocenters. The average molecular weight is 475 g/mol. The van der Waals surface area contributed by atoms with Crippen LogP contribution in [0.2, 0.25) is 0 Å². The summed E-state index contributed by atoms with van der Waals surface area (Å²) in [5.41, 5.74) is 2.38. The lowest BCUT2D eigenvalue weighted by molar-refractivity contribution is -0.139. The molecule has 0 spiro atoms. The van der Waals surface area contributed by atoms with Crippen LogP contribution < -0.4 is 4.90 Å². The summed E-state index contributed by atoms with van der Waals surface area (Å²) in [5.74, 6) is -1.38. The number of rotatable bonds is 12. The zero-order chi connectivity index (χ0) is 25.4. The smallest absolute Gasteiger partial charge is 0.237 e. The van der Waals surface area contributed by atoms with Crippen LogP contribution in [0.25, 0.3) is 0 Å². The van der Waals surface area contributed by atoms with Crippen molar-refractivity contribution in [3.63, 3.8) is 0 Å². The Bertz CT molecular complexity index is 950. The van der Waals surface area contributed by atoms with E-state index in [-0.39, 0.29) is 25.0 Å². The van der Waals surface area contributed by atoms with Crippen molar-refractivity contribution < 1.29 is 18.4 Å². The standard InChI is InChI=1S/C26H36F2N4O2/c1-19(15-31(6)16-21-9-10-22(27)14-25(21)28)32(26(34)17-29(2)3)24(18-33)13-20-7-11-23(12-8-20)30(4)5/h7-12,14,18-19,24H,13,15-17H2,1-6H3/t19?,24-/m0/s1. The fourth-order valence-electron chi connectivity index (χ4n) is 4.04. The van der Waals surface area contributed by atoms with E-state index in [1.165, 1.54) is 12.1 Å². The Kier molecular flexibility index (Phi) is 10.1. The summed E-state index contributed by atoms with van der Waals surface area (Å²) in [6, 6.07) is 10.5. The SMILES string of the molecule is CC(CN(C)Cc1ccc(F)cc1F)N(C(=O)CN(C)C)[C@H](C=O)Cc1ccc(N(C)C)cc1. The first kappa shape index (κ1) is 27.4. The third-order valence-corrected chi connectivity index (χ3v) is 5.66. The summed E-state index contributed by atoms with van der Waals surface area (Å²) < 4.78 is 27.3. The van der Waals surface area contributed by atoms with Gasteiger partial charge in [0.15, 0.2) is 0 Å². The van der Waals surface area contributed by atoms with Crippen molar-refractivity contribution in [2.75, 3.05) is 53.2 Å². The first-order valence-corrected chi connectivity index (χ1v) is 11.3. The Labute approximate surface area is 201 Å². The van der Waals surface area contributed by atoms with Crippen LogP contribution in [0.15, 0.2) is 42.5 Å². The Morgan fingerprint density at radius 2 is 1.65 bits per heavy atom. The molecule has 6 nitrogen and oxygen atoms in total. The van der Waals surface area contributed by atoms with Gasteiger partial charge in [0.05, 0.1) is 12.6 Å². The molecule has 0 fully saturated rings. The monoisotopic (exact) mass is 474 g/mol. The highest BCUT2D eigenvalue weighted by Crippen LogP contribution is 2.18. The molecule has 0 N–H and O–H groups in total. The molecular formula is C26H36F2N4O2. The van der Waals surface area contributed by atoms with Gasteiger partial charge in [0.1, 0.15) is 17.9 Å². The van der Waals surface area contributed by atoms with Crippen molar-refractivity contribution in [1.29, 1.82) is 0 Å². The number of nitrogens with zero attached hydrogens (tertiary/aromatic N) is 4. The van der Waals surface area contributed by atoms with Gasteiger partial charge >= 0.3 is 0 Å². The van der Waals surface area contributed by atoms with Crippen molar-refractivity contribution in [3.05, 3.63) is 65.2 Å². The van der Waals surface area contributed by atoms with Crippen LogP contribution >= 0.6 is 0 Å². The molecule has 0 radical (unpaired) electrons. The van der Waals surface area contributed by atoms with Crippen molar-refractivity contribution in [2.24, 2.45) is 0 Å². The van der Waals surface area contributed by atoms with E-state index in [0.717, 1.165) is 23.6 Å². The lowest BCUT2D eigenvalue weighted by atomic mass is 10.0. The minimum absolute atomic E-state index is 0.152. The van der Waals surface area contributed by atoms with Gasteiger partial charge in [0.2, 0.25) is 5.91 Å². The van der Waals surface area contributed by atoms with Crippen LogP contribution in [-0.2, 0) is 22.6 Å². The highest BCUT2D eigenvalue weighted by atomic mass is 19.1. The Hall–Kier alpha value is -2.84. The van der Waals surface area contributed by atoms with Gasteiger partial charge in [0.25, 0.3) is 0 Å². The number of anilines is 1. The number of amides is 1. The van der Waals surface area contributed by atoms with E-state index < -0.39 is 17.7 Å². The van der Waals surface area contributed by atoms with Crippen LogP contribution in [0.1, 0.15) is 18.1 Å². The molecule has 2 rings (SSSR count). The molecule has 0 aliphatic carbocycles. The maximum absolute atomic E-state index is 14.1. The normalized spacial score (nSPS) is 13.1. The number of hydrogen-bond donors (Lipinski definition) is 0. The molecule has 0 aliphatic heterocycles. The molecule has 0 saturated heterocycles. The predicted molar refractivity (Wildman–Crippen MR) is 132 cm³/mol. The number of carbonyl (C=O) groups excluding carboxylic acids is 2. The van der Waals surface area contributed by atoms with Gasteiger partial charge in [-0.15, -0.1) is 0 Å². The third-order valence-electron chi connectivity index (χ3n) is 5.66. The van der Waals surface area contributed by atoms with Crippen LogP contribution in [0.3, 0.4) is 0 Å². The lowest BCUT2D eigenvalue weighted by Crippen LogP contribution is -2.53. The summed E-state index contributed by atoms with van der Waals surface area (Å²) in [5, 5.41) is 0. The van der Waals surface area contributed by atoms with E-state index in [0.29, 0.717) is 18.5 Å². The van der Waals surface area contributed by atoms with Crippen LogP contribution in [-0.4, -0.2) is 87.3 Å². The van der Waals surface area contributed by atoms with Gasteiger partial charge < -0.3 is 19.5 Å². The fourth-order valence-corrected chi connectivity index (χ4v) is 4.04. The second kappa shape index (κ2) is 12.6. The number of carbonyl (C=O) groups is 2. The number of benzene rings is 2. The zero-order valence-electron chi connectivity index (χ0n) is 21.0. The summed E-state index contributed by atoms with van der Waals surface area (Å²) in [6.07, 6.45) is 1.22. The molecule has 34 heavy (non-hydrogen) atoms. The van der Waals surface area contributed by atoms with Gasteiger partial charge in [-0.3, -0.25) is 9.69 Å². The van der Waals surface area contributed by atoms with E-state index in [1.54, 1.807) is 23.9 Å². The topological polar surface area (TPSA) is 47.1 Å². The van der Waals surface area contributed by atoms with Crippen molar-refractivity contribution in [1.82, 2.24) is 14.7 Å². The van der Waals surface area contributed by atoms with Crippen LogP contribution in [0, 0.1) is 11.6 Å². The van der Waals surface area contributed by atoms with Crippen molar-refractivity contribution >= 4 is 17.9 Å². The summed E-state index contributed by atoms with van der Waals surface area (Å²) in [4.78, 5) is 32.6. The minimum atomic E-state index is -0.636. The van der Waals surface area contributed by atoms with Crippen LogP contribution in [0.4, 0.5) is 14.5 Å². The average Bonchev–Trinajstić information content (AvgIpc) is 2.75. The largest absolute Gasteiger partial charge is 0.378 e. The number of halogens is 2. The van der Waals surface area contributed by atoms with Crippen LogP contribution in [0.5, 0.6) is 0 Å². The van der Waals surface area contributed by atoms with E-state index in [9.17, 15) is 18.4 Å². The van der Waals surface area contributed by atoms with Gasteiger partial charge in [-0.05, 0) is 58.3 Å². The third kappa shape index (κ3) is 7.88. The highest BCUT2D eigenvalue weighted by Gasteiger charge is 2.29. The maximum atomic E-state index is 14.1. The molecule has 0 aromatic heterocycles. The minimum Gasteiger partial charge on any atom is -0.378 e. The number of hydrogen-bond acceptors (Lipinski definition) is 5. The Morgan fingerprint density at radius 3 is 2.18 bits per heavy atom. The lowest BCUT2D eigenvalue weighted by Gasteiger charge is -2.37. The summed E-state index contributed by atoms with van der Waals surface area (Å²) in [6.45, 7) is 2.73. The molecule has 2 aromatic carbocycles. The van der Waals surface area contributed by atoms with E-state index in [1.807, 2.05) is 62.1 Å². The molecule has 0 saturated carbocycles. The molecule has 8 heteroatoms. The molecule has 0 heterocycles. The second-order valence-corrected chi connectivity index (χ2v) is 9.29. The second-order valence-electron chi connectivity index (χ2n) is 9.29. The number of likely N-dealkylation sites (N-methyl/N-ethyl adjacent to an activating group) is 2. The van der Waals surface area contributed by atoms with Crippen molar-refractivity contribution in [2.45, 2.75) is 32.0 Å². The summed E-state index contributed by atoms with van der Waals surface area (Å²) in [7, 11) is 9.34. The van der Waals surface area contributed by atoms with Gasteiger partial charge in [-0.1, -0.05) is 18.2 Å². The number of aldehydes is 1. The first-order chi connectivity index (χ1) is 16.0. The molecule has 1 amide bonds. The maximum Gasteiger partial charge on any atom is 0.237 e. The van der Waals surface area contributed by atoms with E-state index >= 15 is 0 Å². The molecule has 1 unspecified atom stereocenters. The molecule has 0 aliphatic rings. The van der Waals surface area contributed by atoms with Gasteiger partial charge in [-0.2, -0.15) is 0 Å². The first-order valence-electron chi connectivity index (χ1n) is 11.3. The molecule has 2 aromatic rings. The fraction of sp³-hybridized carbons (Fsp3) is 0.462. The van der Waals surface area contributed by atoms with Gasteiger partial charge in [-0.25, -0.2) is 8.78 Å². The van der Waals surface area contributed by atoms with E-state index in [2.05, 4.69) is 0 Å². The summed E-state index contributed by atoms with van der Waals surface area (Å²) >= 11 is 0. The molecule has 186 valence electrons. The van der Waals surface area contributed by atoms with Crippen molar-refractivity contribution in [3.8, 4) is 0 Å². The predicted octanol–water partition coefficient (Wildman–Crippen LogP) is 3.05. The van der Waals surface area contributed by atoms with E-state index in [4.69, 9.17) is 0 Å². The zero-order valence-corrected chi connectivity index (χ0v) is 21.0. The Balaban J connectivity index is 2.19. The quantitative estimate of drug-likeness (QED) is 0.443. The van der Waals surface area contributed by atoms with Gasteiger partial charge in [0, 0.05) is 50.5 Å². The molecular weight excluding hydrogens is 438 g/mol. The highest BCUT2D eigenvalue weighted by molar-refractivity contribution is 5.82. The Morgan fingerprint density at radius 1 is 1.00 bits per heavy atom.